The molecule has 0 aromatic rings. The minimum absolute atomic E-state index is 0.148. The highest BCUT2D eigenvalue weighted by Gasteiger charge is 2.22. The predicted octanol–water partition coefficient (Wildman–Crippen LogP) is -0.129. The van der Waals surface area contributed by atoms with E-state index in [1.807, 2.05) is 13.8 Å². The summed E-state index contributed by atoms with van der Waals surface area (Å²) in [4.78, 5) is 23.2. The lowest BCUT2D eigenvalue weighted by atomic mass is 10.0. The van der Waals surface area contributed by atoms with E-state index in [0.717, 1.165) is 0 Å². The molecule has 0 rings (SSSR count). The third-order valence-electron chi connectivity index (χ3n) is 2.41. The molecule has 0 fully saturated rings. The minimum Gasteiger partial charge on any atom is -0.357 e. The fourth-order valence-electron chi connectivity index (χ4n) is 1.30. The lowest BCUT2D eigenvalue weighted by molar-refractivity contribution is -0.129. The van der Waals surface area contributed by atoms with E-state index < -0.39 is 6.04 Å². The molecule has 0 heterocycles. The summed E-state index contributed by atoms with van der Waals surface area (Å²) >= 11 is 0. The van der Waals surface area contributed by atoms with Crippen molar-refractivity contribution in [1.82, 2.24) is 16.0 Å². The van der Waals surface area contributed by atoms with Crippen molar-refractivity contribution in [3.8, 4) is 0 Å². The van der Waals surface area contributed by atoms with Gasteiger partial charge in [0.1, 0.15) is 6.04 Å². The van der Waals surface area contributed by atoms with Gasteiger partial charge in [-0.05, 0) is 26.3 Å². The molecule has 3 N–H and O–H groups in total. The largest absolute Gasteiger partial charge is 0.357 e. The molecule has 0 aromatic heterocycles. The fourth-order valence-corrected chi connectivity index (χ4v) is 1.30. The third-order valence-corrected chi connectivity index (χ3v) is 2.41. The molecule has 2 amide bonds. The van der Waals surface area contributed by atoms with Crippen LogP contribution in [0, 0.1) is 5.92 Å². The fraction of sp³-hybridized carbons (Fsp3) is 0.818. The van der Waals surface area contributed by atoms with E-state index in [4.69, 9.17) is 0 Å². The number of amides is 2. The van der Waals surface area contributed by atoms with Crippen LogP contribution in [-0.2, 0) is 9.59 Å². The first-order chi connectivity index (χ1) is 7.42. The van der Waals surface area contributed by atoms with Gasteiger partial charge in [0.25, 0.3) is 0 Å². The number of nitrogens with one attached hydrogen (secondary N) is 3. The first kappa shape index (κ1) is 14.9. The molecule has 2 atom stereocenters. The molecule has 2 unspecified atom stereocenters. The summed E-state index contributed by atoms with van der Waals surface area (Å²) in [7, 11) is 3.28. The van der Waals surface area contributed by atoms with Gasteiger partial charge in [-0.2, -0.15) is 0 Å². The van der Waals surface area contributed by atoms with E-state index in [0.29, 0.717) is 12.3 Å². The summed E-state index contributed by atoms with van der Waals surface area (Å²) in [5.41, 5.74) is 0. The second-order valence-corrected chi connectivity index (χ2v) is 4.32. The van der Waals surface area contributed by atoms with E-state index in [2.05, 4.69) is 16.0 Å². The van der Waals surface area contributed by atoms with Crippen LogP contribution >= 0.6 is 0 Å². The molecule has 0 bridgehead atoms. The van der Waals surface area contributed by atoms with Crippen molar-refractivity contribution in [3.63, 3.8) is 0 Å². The number of hydrogen-bond donors (Lipinski definition) is 3. The lowest BCUT2D eigenvalue weighted by Crippen LogP contribution is -2.51. The topological polar surface area (TPSA) is 70.2 Å². The Morgan fingerprint density at radius 1 is 1.06 bits per heavy atom. The second kappa shape index (κ2) is 7.22. The van der Waals surface area contributed by atoms with Gasteiger partial charge in [-0.25, -0.2) is 0 Å². The van der Waals surface area contributed by atoms with Gasteiger partial charge in [-0.3, -0.25) is 9.59 Å². The number of hydrogen-bond acceptors (Lipinski definition) is 3. The number of carbonyl (C=O) groups excluding carboxylic acids is 2. The second-order valence-electron chi connectivity index (χ2n) is 4.32. The average Bonchev–Trinajstić information content (AvgIpc) is 2.25. The van der Waals surface area contributed by atoms with E-state index in [1.165, 1.54) is 0 Å². The normalized spacial score (nSPS) is 14.4. The summed E-state index contributed by atoms with van der Waals surface area (Å²) in [5, 5.41) is 8.13. The zero-order chi connectivity index (χ0) is 12.7. The monoisotopic (exact) mass is 229 g/mol. The van der Waals surface area contributed by atoms with Gasteiger partial charge in [0.05, 0.1) is 6.04 Å². The number of rotatable bonds is 6. The van der Waals surface area contributed by atoms with Crippen molar-refractivity contribution in [2.24, 2.45) is 5.92 Å². The summed E-state index contributed by atoms with van der Waals surface area (Å²) in [5.74, 6) is 0.0506. The maximum atomic E-state index is 11.6. The summed E-state index contributed by atoms with van der Waals surface area (Å²) < 4.78 is 0. The average molecular weight is 229 g/mol. The summed E-state index contributed by atoms with van der Waals surface area (Å²) in [6.45, 7) is 5.79. The van der Waals surface area contributed by atoms with Crippen LogP contribution in [0.2, 0.25) is 0 Å². The van der Waals surface area contributed by atoms with Crippen molar-refractivity contribution in [1.29, 1.82) is 0 Å². The van der Waals surface area contributed by atoms with Gasteiger partial charge in [0, 0.05) is 7.05 Å². The number of carbonyl (C=O) groups is 2. The molecular formula is C11H23N3O2. The maximum Gasteiger partial charge on any atom is 0.242 e. The van der Waals surface area contributed by atoms with Crippen molar-refractivity contribution in [2.45, 2.75) is 39.3 Å². The smallest absolute Gasteiger partial charge is 0.242 e. The highest BCUT2D eigenvalue weighted by Crippen LogP contribution is 2.05. The molecule has 0 aliphatic carbocycles. The van der Waals surface area contributed by atoms with Gasteiger partial charge in [-0.1, -0.05) is 13.8 Å². The molecule has 0 saturated carbocycles. The summed E-state index contributed by atoms with van der Waals surface area (Å²) in [6.07, 6.45) is 0.641. The zero-order valence-corrected chi connectivity index (χ0v) is 10.8. The molecule has 0 aromatic carbocycles. The van der Waals surface area contributed by atoms with Gasteiger partial charge >= 0.3 is 0 Å². The molecule has 0 aliphatic heterocycles. The van der Waals surface area contributed by atoms with E-state index in [1.54, 1.807) is 21.0 Å². The Hall–Kier alpha value is -1.10. The predicted molar refractivity (Wildman–Crippen MR) is 64.0 cm³/mol. The highest BCUT2D eigenvalue weighted by atomic mass is 16.2. The Labute approximate surface area is 97.4 Å². The Morgan fingerprint density at radius 3 is 2.00 bits per heavy atom. The minimum atomic E-state index is -0.451. The molecule has 0 saturated heterocycles. The van der Waals surface area contributed by atoms with Crippen LogP contribution in [0.25, 0.3) is 0 Å². The van der Waals surface area contributed by atoms with Crippen LogP contribution in [0.3, 0.4) is 0 Å². The first-order valence-electron chi connectivity index (χ1n) is 5.61. The van der Waals surface area contributed by atoms with E-state index >= 15 is 0 Å². The van der Waals surface area contributed by atoms with Crippen LogP contribution in [0.4, 0.5) is 0 Å². The van der Waals surface area contributed by atoms with Gasteiger partial charge in [-0.15, -0.1) is 0 Å². The molecule has 16 heavy (non-hydrogen) atoms. The standard InChI is InChI=1S/C11H23N3O2/c1-7(2)6-9(11(16)13-5)14-10(15)8(3)12-4/h7-9,12H,6H2,1-5H3,(H,13,16)(H,14,15). The van der Waals surface area contributed by atoms with Crippen LogP contribution in [-0.4, -0.2) is 38.0 Å². The van der Waals surface area contributed by atoms with Gasteiger partial charge < -0.3 is 16.0 Å². The van der Waals surface area contributed by atoms with Gasteiger partial charge in [0.15, 0.2) is 0 Å². The molecular weight excluding hydrogens is 206 g/mol. The Bertz CT molecular complexity index is 241. The lowest BCUT2D eigenvalue weighted by Gasteiger charge is -2.21. The van der Waals surface area contributed by atoms with Crippen LogP contribution in [0.15, 0.2) is 0 Å². The maximum absolute atomic E-state index is 11.6. The first-order valence-corrected chi connectivity index (χ1v) is 5.61. The van der Waals surface area contributed by atoms with Crippen LogP contribution < -0.4 is 16.0 Å². The molecule has 5 nitrogen and oxygen atoms in total. The van der Waals surface area contributed by atoms with Crippen LogP contribution in [0.1, 0.15) is 27.2 Å². The van der Waals surface area contributed by atoms with Crippen molar-refractivity contribution in [2.75, 3.05) is 14.1 Å². The molecule has 0 spiro atoms. The Kier molecular flexibility index (Phi) is 6.72. The van der Waals surface area contributed by atoms with Crippen LogP contribution in [0.5, 0.6) is 0 Å². The van der Waals surface area contributed by atoms with Crippen molar-refractivity contribution < 1.29 is 9.59 Å². The van der Waals surface area contributed by atoms with Crippen molar-refractivity contribution in [3.05, 3.63) is 0 Å². The third kappa shape index (κ3) is 5.11. The van der Waals surface area contributed by atoms with Crippen molar-refractivity contribution >= 4 is 11.8 Å². The number of likely N-dealkylation sites (N-methyl/N-ethyl adjacent to an activating group) is 2. The van der Waals surface area contributed by atoms with Gasteiger partial charge in [0.2, 0.25) is 11.8 Å². The summed E-state index contributed by atoms with van der Waals surface area (Å²) in [6, 6.07) is -0.743. The SMILES string of the molecule is CNC(=O)C(CC(C)C)NC(=O)C(C)NC. The van der Waals surface area contributed by atoms with E-state index in [9.17, 15) is 9.59 Å². The highest BCUT2D eigenvalue weighted by molar-refractivity contribution is 5.89. The molecule has 0 radical (unpaired) electrons. The molecule has 0 aliphatic rings. The zero-order valence-electron chi connectivity index (χ0n) is 10.8. The molecule has 5 heteroatoms. The Balaban J connectivity index is 4.42. The quantitative estimate of drug-likeness (QED) is 0.594. The Morgan fingerprint density at radius 2 is 1.62 bits per heavy atom. The molecule has 94 valence electrons. The van der Waals surface area contributed by atoms with E-state index in [-0.39, 0.29) is 17.9 Å².